The number of benzene rings is 2. The van der Waals surface area contributed by atoms with Gasteiger partial charge in [0.05, 0.1) is 30.4 Å². The SMILES string of the molecule is CC(C)(Cc1cc(F)ccc1S(=O)(=O)Nc1ccc2c(c1C(=O)O)OC[C@@H]1C[C@H]21)C1OCCO1. The van der Waals surface area contributed by atoms with Gasteiger partial charge in [0.25, 0.3) is 10.0 Å². The van der Waals surface area contributed by atoms with Crippen molar-refractivity contribution < 1.29 is 36.9 Å². The van der Waals surface area contributed by atoms with Crippen molar-refractivity contribution in [1.29, 1.82) is 0 Å². The van der Waals surface area contributed by atoms with Gasteiger partial charge in [0.15, 0.2) is 6.29 Å². The van der Waals surface area contributed by atoms with Crippen LogP contribution in [0.3, 0.4) is 0 Å². The first kappa shape index (κ1) is 23.1. The fraction of sp³-hybridized carbons (Fsp3) is 0.458. The minimum atomic E-state index is -4.26. The third-order valence-corrected chi connectivity index (χ3v) is 8.09. The van der Waals surface area contributed by atoms with Gasteiger partial charge in [0.1, 0.15) is 17.1 Å². The Labute approximate surface area is 197 Å². The lowest BCUT2D eigenvalue weighted by Gasteiger charge is -2.30. The van der Waals surface area contributed by atoms with E-state index < -0.39 is 33.5 Å². The largest absolute Gasteiger partial charge is 0.492 e. The quantitative estimate of drug-likeness (QED) is 0.607. The minimum absolute atomic E-state index is 0.0951. The fourth-order valence-corrected chi connectivity index (χ4v) is 6.17. The van der Waals surface area contributed by atoms with Gasteiger partial charge >= 0.3 is 5.97 Å². The molecule has 2 fully saturated rings. The Bertz CT molecular complexity index is 1250. The number of anilines is 1. The molecule has 0 amide bonds. The maximum atomic E-state index is 14.1. The van der Waals surface area contributed by atoms with Crippen LogP contribution in [0.1, 0.15) is 47.7 Å². The van der Waals surface area contributed by atoms with E-state index in [0.29, 0.717) is 25.7 Å². The van der Waals surface area contributed by atoms with Crippen molar-refractivity contribution in [3.05, 3.63) is 52.8 Å². The number of aromatic carboxylic acids is 1. The van der Waals surface area contributed by atoms with Crippen LogP contribution in [-0.4, -0.2) is 45.6 Å². The Morgan fingerprint density at radius 3 is 2.65 bits per heavy atom. The van der Waals surface area contributed by atoms with Gasteiger partial charge in [-0.05, 0) is 54.2 Å². The Morgan fingerprint density at radius 1 is 1.21 bits per heavy atom. The van der Waals surface area contributed by atoms with Crippen molar-refractivity contribution in [2.75, 3.05) is 24.5 Å². The molecule has 2 aromatic carbocycles. The molecule has 0 unspecified atom stereocenters. The van der Waals surface area contributed by atoms with E-state index in [9.17, 15) is 22.7 Å². The van der Waals surface area contributed by atoms with E-state index in [4.69, 9.17) is 14.2 Å². The van der Waals surface area contributed by atoms with Crippen LogP contribution in [0.2, 0.25) is 0 Å². The number of hydrogen-bond donors (Lipinski definition) is 2. The maximum absolute atomic E-state index is 14.1. The van der Waals surface area contributed by atoms with Crippen molar-refractivity contribution in [2.24, 2.45) is 11.3 Å². The molecule has 34 heavy (non-hydrogen) atoms. The number of ether oxygens (including phenoxy) is 3. The molecule has 0 radical (unpaired) electrons. The highest BCUT2D eigenvalue weighted by Gasteiger charge is 2.45. The van der Waals surface area contributed by atoms with Crippen molar-refractivity contribution >= 4 is 21.7 Å². The molecule has 182 valence electrons. The molecule has 1 saturated heterocycles. The monoisotopic (exact) mass is 491 g/mol. The molecule has 0 aromatic heterocycles. The molecule has 1 aliphatic carbocycles. The van der Waals surface area contributed by atoms with Gasteiger partial charge in [-0.2, -0.15) is 0 Å². The molecular weight excluding hydrogens is 465 g/mol. The molecule has 3 aliphatic rings. The molecule has 0 spiro atoms. The van der Waals surface area contributed by atoms with Gasteiger partial charge in [0, 0.05) is 11.3 Å². The summed E-state index contributed by atoms with van der Waals surface area (Å²) in [5.41, 5.74) is 0.0766. The Kier molecular flexibility index (Phi) is 5.57. The third-order valence-electron chi connectivity index (χ3n) is 6.63. The van der Waals surface area contributed by atoms with Crippen LogP contribution in [0.5, 0.6) is 5.75 Å². The highest BCUT2D eigenvalue weighted by atomic mass is 32.2. The molecule has 2 heterocycles. The van der Waals surface area contributed by atoms with Gasteiger partial charge in [-0.25, -0.2) is 17.6 Å². The van der Waals surface area contributed by atoms with Crippen molar-refractivity contribution in [1.82, 2.24) is 0 Å². The zero-order chi connectivity index (χ0) is 24.3. The Morgan fingerprint density at radius 2 is 1.94 bits per heavy atom. The summed E-state index contributed by atoms with van der Waals surface area (Å²) >= 11 is 0. The molecule has 2 atom stereocenters. The van der Waals surface area contributed by atoms with Crippen LogP contribution in [-0.2, 0) is 25.9 Å². The lowest BCUT2D eigenvalue weighted by molar-refractivity contribution is -0.119. The standard InChI is InChI=1S/C24H26FNO7S/c1-24(2,23-31-7-8-32-23)11-13-9-15(25)3-6-19(13)34(29,30)26-18-5-4-16-17-10-14(17)12-33-21(16)20(18)22(27)28/h3-6,9,14,17,23,26H,7-8,10-12H2,1-2H3,(H,27,28)/t14-,17-/m0/s1. The third kappa shape index (κ3) is 4.14. The second-order valence-corrected chi connectivity index (χ2v) is 11.4. The second-order valence-electron chi connectivity index (χ2n) is 9.72. The predicted octanol–water partition coefficient (Wildman–Crippen LogP) is 3.76. The number of carbonyl (C=O) groups is 1. The normalized spacial score (nSPS) is 22.0. The summed E-state index contributed by atoms with van der Waals surface area (Å²) in [7, 11) is -4.26. The summed E-state index contributed by atoms with van der Waals surface area (Å²) in [6, 6.07) is 6.59. The van der Waals surface area contributed by atoms with Crippen LogP contribution in [0, 0.1) is 17.2 Å². The molecule has 2 aromatic rings. The summed E-state index contributed by atoms with van der Waals surface area (Å²) in [5.74, 6) is -1.02. The average molecular weight is 492 g/mol. The van der Waals surface area contributed by atoms with Gasteiger partial charge in [-0.15, -0.1) is 0 Å². The molecule has 8 nitrogen and oxygen atoms in total. The van der Waals surface area contributed by atoms with E-state index in [0.717, 1.165) is 18.1 Å². The Hall–Kier alpha value is -2.69. The van der Waals surface area contributed by atoms with E-state index in [1.54, 1.807) is 6.07 Å². The van der Waals surface area contributed by atoms with Crippen molar-refractivity contribution in [3.8, 4) is 5.75 Å². The van der Waals surface area contributed by atoms with Gasteiger partial charge in [-0.3, -0.25) is 4.72 Å². The second kappa shape index (κ2) is 8.21. The van der Waals surface area contributed by atoms with Crippen LogP contribution >= 0.6 is 0 Å². The number of rotatable bonds is 7. The number of carboxylic acid groups (broad SMARTS) is 1. The predicted molar refractivity (Wildman–Crippen MR) is 120 cm³/mol. The maximum Gasteiger partial charge on any atom is 0.341 e. The first-order valence-corrected chi connectivity index (χ1v) is 12.6. The van der Waals surface area contributed by atoms with Crippen molar-refractivity contribution in [2.45, 2.75) is 43.8 Å². The molecule has 5 rings (SSSR count). The highest BCUT2D eigenvalue weighted by Crippen LogP contribution is 2.55. The van der Waals surface area contributed by atoms with E-state index >= 15 is 0 Å². The molecule has 10 heteroatoms. The molecule has 2 N–H and O–H groups in total. The summed E-state index contributed by atoms with van der Waals surface area (Å²) < 4.78 is 60.3. The Balaban J connectivity index is 1.50. The number of hydrogen-bond acceptors (Lipinski definition) is 6. The van der Waals surface area contributed by atoms with Gasteiger partial charge in [-0.1, -0.05) is 19.9 Å². The van der Waals surface area contributed by atoms with E-state index in [1.807, 2.05) is 13.8 Å². The van der Waals surface area contributed by atoms with Crippen LogP contribution in [0.4, 0.5) is 10.1 Å². The number of sulfonamides is 1. The topological polar surface area (TPSA) is 111 Å². The molecular formula is C24H26FNO7S. The zero-order valence-corrected chi connectivity index (χ0v) is 19.7. The summed E-state index contributed by atoms with van der Waals surface area (Å²) in [5, 5.41) is 9.86. The van der Waals surface area contributed by atoms with Crippen LogP contribution < -0.4 is 9.46 Å². The van der Waals surface area contributed by atoms with Crippen LogP contribution in [0.25, 0.3) is 0 Å². The summed E-state index contributed by atoms with van der Waals surface area (Å²) in [4.78, 5) is 11.9. The molecule has 2 aliphatic heterocycles. The number of fused-ring (bicyclic) bond motifs is 3. The number of nitrogens with one attached hydrogen (secondary N) is 1. The average Bonchev–Trinajstić information content (AvgIpc) is 3.33. The summed E-state index contributed by atoms with van der Waals surface area (Å²) in [6.45, 7) is 4.99. The minimum Gasteiger partial charge on any atom is -0.492 e. The smallest absolute Gasteiger partial charge is 0.341 e. The van der Waals surface area contributed by atoms with E-state index in [1.165, 1.54) is 18.2 Å². The summed E-state index contributed by atoms with van der Waals surface area (Å²) in [6.07, 6.45) is 0.538. The lowest BCUT2D eigenvalue weighted by atomic mass is 9.85. The first-order valence-electron chi connectivity index (χ1n) is 11.1. The van der Waals surface area contributed by atoms with Crippen molar-refractivity contribution in [3.63, 3.8) is 0 Å². The number of carboxylic acids is 1. The lowest BCUT2D eigenvalue weighted by Crippen LogP contribution is -2.33. The fourth-order valence-electron chi connectivity index (χ4n) is 4.88. The number of halogens is 1. The van der Waals surface area contributed by atoms with Crippen LogP contribution in [0.15, 0.2) is 35.2 Å². The molecule has 0 bridgehead atoms. The van der Waals surface area contributed by atoms with E-state index in [-0.39, 0.29) is 39.8 Å². The zero-order valence-electron chi connectivity index (χ0n) is 18.8. The van der Waals surface area contributed by atoms with Gasteiger partial charge in [0.2, 0.25) is 0 Å². The van der Waals surface area contributed by atoms with Gasteiger partial charge < -0.3 is 19.3 Å². The highest BCUT2D eigenvalue weighted by molar-refractivity contribution is 7.92. The molecule has 1 saturated carbocycles. The van der Waals surface area contributed by atoms with E-state index in [2.05, 4.69) is 4.72 Å². The first-order chi connectivity index (χ1) is 16.1.